The average Bonchev–Trinajstić information content (AvgIpc) is 3.30. The predicted molar refractivity (Wildman–Crippen MR) is 119 cm³/mol. The second-order valence-corrected chi connectivity index (χ2v) is 9.30. The van der Waals surface area contributed by atoms with Gasteiger partial charge in [-0.2, -0.15) is 0 Å². The smallest absolute Gasteiger partial charge is 0.187 e. The van der Waals surface area contributed by atoms with E-state index in [1.807, 2.05) is 37.1 Å². The lowest BCUT2D eigenvalue weighted by molar-refractivity contribution is 0.106. The van der Waals surface area contributed by atoms with Gasteiger partial charge in [-0.05, 0) is 62.6 Å². The maximum atomic E-state index is 4.46. The van der Waals surface area contributed by atoms with Crippen molar-refractivity contribution in [1.82, 2.24) is 24.8 Å². The molecular weight excluding hydrogens is 378 g/mol. The van der Waals surface area contributed by atoms with Crippen LogP contribution in [-0.4, -0.2) is 56.7 Å². The van der Waals surface area contributed by atoms with Gasteiger partial charge in [0, 0.05) is 56.0 Å². The van der Waals surface area contributed by atoms with E-state index in [0.717, 1.165) is 36.8 Å². The average molecular weight is 412 g/mol. The molecule has 3 heterocycles. The van der Waals surface area contributed by atoms with E-state index in [1.165, 1.54) is 62.7 Å². The van der Waals surface area contributed by atoms with Crippen LogP contribution in [0.25, 0.3) is 0 Å². The normalized spacial score (nSPS) is 19.2. The Morgan fingerprint density at radius 1 is 1.00 bits per heavy atom. The molecule has 0 aromatic carbocycles. The largest absolute Gasteiger partial charge is 0.300 e. The van der Waals surface area contributed by atoms with Crippen molar-refractivity contribution in [3.63, 3.8) is 0 Å². The van der Waals surface area contributed by atoms with Crippen molar-refractivity contribution in [1.29, 1.82) is 0 Å². The molecule has 0 amide bonds. The molecule has 2 aromatic heterocycles. The molecule has 1 aliphatic carbocycles. The summed E-state index contributed by atoms with van der Waals surface area (Å²) in [5.41, 5.74) is 2.47. The van der Waals surface area contributed by atoms with Crippen molar-refractivity contribution < 1.29 is 0 Å². The number of nitrogens with zero attached hydrogens (tertiary/aromatic N) is 5. The first-order valence-corrected chi connectivity index (χ1v) is 12.2. The number of likely N-dealkylation sites (tertiary alicyclic amines) is 1. The summed E-state index contributed by atoms with van der Waals surface area (Å²) in [5, 5.41) is 0.840. The molecule has 29 heavy (non-hydrogen) atoms. The van der Waals surface area contributed by atoms with Crippen LogP contribution in [0.1, 0.15) is 49.7 Å². The lowest BCUT2D eigenvalue weighted by Crippen LogP contribution is -2.42. The first-order valence-electron chi connectivity index (χ1n) is 11.0. The molecule has 4 rings (SSSR count). The summed E-state index contributed by atoms with van der Waals surface area (Å²) in [6.45, 7) is 5.52. The number of pyridine rings is 1. The van der Waals surface area contributed by atoms with Crippen LogP contribution in [0.2, 0.25) is 0 Å². The molecule has 0 bridgehead atoms. The summed E-state index contributed by atoms with van der Waals surface area (Å²) in [4.78, 5) is 18.6. The van der Waals surface area contributed by atoms with Gasteiger partial charge in [0.2, 0.25) is 0 Å². The molecular formula is C23H33N5S. The maximum absolute atomic E-state index is 4.46. The summed E-state index contributed by atoms with van der Waals surface area (Å²) in [6, 6.07) is 5.08. The van der Waals surface area contributed by atoms with Crippen LogP contribution in [0.15, 0.2) is 42.1 Å². The molecule has 0 spiro atoms. The van der Waals surface area contributed by atoms with Gasteiger partial charge in [-0.1, -0.05) is 30.7 Å². The fourth-order valence-corrected chi connectivity index (χ4v) is 5.17. The third-order valence-electron chi connectivity index (χ3n) is 6.41. The number of thioether (sulfide) groups is 1. The molecule has 5 nitrogen and oxygen atoms in total. The zero-order valence-corrected chi connectivity index (χ0v) is 18.4. The third kappa shape index (κ3) is 6.00. The summed E-state index contributed by atoms with van der Waals surface area (Å²) in [5.74, 6) is 0.774. The van der Waals surface area contributed by atoms with E-state index in [2.05, 4.69) is 30.8 Å². The molecule has 0 radical (unpaired) electrons. The Kier molecular flexibility index (Phi) is 7.52. The van der Waals surface area contributed by atoms with Crippen molar-refractivity contribution in [2.75, 3.05) is 25.9 Å². The van der Waals surface area contributed by atoms with Gasteiger partial charge in [-0.25, -0.2) is 9.97 Å². The minimum absolute atomic E-state index is 0.774. The quantitative estimate of drug-likeness (QED) is 0.478. The standard InChI is InChI=1S/C23H33N5S/c1-29-23-25-14-21(15-26-23)18-27(17-20-5-4-10-24-13-20)16-19-8-11-28(12-9-19)22-6-2-3-7-22/h4-5,10,13-15,19,22H,2-3,6-9,11-12,16-18H2,1H3. The first-order chi connectivity index (χ1) is 14.3. The van der Waals surface area contributed by atoms with E-state index in [4.69, 9.17) is 0 Å². The van der Waals surface area contributed by atoms with Gasteiger partial charge in [-0.3, -0.25) is 9.88 Å². The van der Waals surface area contributed by atoms with E-state index in [-0.39, 0.29) is 0 Å². The van der Waals surface area contributed by atoms with Crippen molar-refractivity contribution in [3.05, 3.63) is 48.0 Å². The maximum Gasteiger partial charge on any atom is 0.187 e. The van der Waals surface area contributed by atoms with Gasteiger partial charge < -0.3 is 4.90 Å². The van der Waals surface area contributed by atoms with Gasteiger partial charge in [0.25, 0.3) is 0 Å². The lowest BCUT2D eigenvalue weighted by Gasteiger charge is -2.38. The highest BCUT2D eigenvalue weighted by molar-refractivity contribution is 7.98. The van der Waals surface area contributed by atoms with E-state index in [1.54, 1.807) is 11.8 Å². The molecule has 2 aromatic rings. The number of rotatable bonds is 8. The zero-order valence-electron chi connectivity index (χ0n) is 17.5. The highest BCUT2D eigenvalue weighted by Gasteiger charge is 2.28. The summed E-state index contributed by atoms with van der Waals surface area (Å²) >= 11 is 1.59. The Balaban J connectivity index is 1.36. The molecule has 0 N–H and O–H groups in total. The van der Waals surface area contributed by atoms with E-state index >= 15 is 0 Å². The zero-order chi connectivity index (χ0) is 19.9. The second-order valence-electron chi connectivity index (χ2n) is 8.53. The molecule has 1 saturated carbocycles. The summed E-state index contributed by atoms with van der Waals surface area (Å²) < 4.78 is 0. The number of hydrogen-bond donors (Lipinski definition) is 0. The van der Waals surface area contributed by atoms with E-state index < -0.39 is 0 Å². The van der Waals surface area contributed by atoms with Gasteiger partial charge in [0.15, 0.2) is 5.16 Å². The van der Waals surface area contributed by atoms with Crippen LogP contribution in [0.3, 0.4) is 0 Å². The molecule has 0 atom stereocenters. The monoisotopic (exact) mass is 411 g/mol. The SMILES string of the molecule is CSc1ncc(CN(Cc2cccnc2)CC2CCN(C3CCCC3)CC2)cn1. The number of piperidine rings is 1. The fourth-order valence-electron chi connectivity index (χ4n) is 4.86. The highest BCUT2D eigenvalue weighted by Crippen LogP contribution is 2.28. The number of hydrogen-bond acceptors (Lipinski definition) is 6. The Labute approximate surface area is 179 Å². The summed E-state index contributed by atoms with van der Waals surface area (Å²) in [7, 11) is 0. The lowest BCUT2D eigenvalue weighted by atomic mass is 9.94. The topological polar surface area (TPSA) is 45.2 Å². The van der Waals surface area contributed by atoms with Crippen molar-refractivity contribution in [3.8, 4) is 0 Å². The summed E-state index contributed by atoms with van der Waals surface area (Å²) in [6.07, 6.45) is 18.2. The molecule has 0 unspecified atom stereocenters. The Bertz CT molecular complexity index is 725. The van der Waals surface area contributed by atoms with E-state index in [0.29, 0.717) is 0 Å². The Morgan fingerprint density at radius 2 is 1.72 bits per heavy atom. The Hall–Kier alpha value is -1.50. The molecule has 1 saturated heterocycles. The molecule has 156 valence electrons. The fraction of sp³-hybridized carbons (Fsp3) is 0.609. The van der Waals surface area contributed by atoms with Gasteiger partial charge in [-0.15, -0.1) is 0 Å². The third-order valence-corrected chi connectivity index (χ3v) is 6.98. The van der Waals surface area contributed by atoms with Crippen LogP contribution in [0.4, 0.5) is 0 Å². The Morgan fingerprint density at radius 3 is 2.38 bits per heavy atom. The first kappa shape index (κ1) is 20.8. The number of aromatic nitrogens is 3. The second kappa shape index (κ2) is 10.5. The van der Waals surface area contributed by atoms with Gasteiger partial charge >= 0.3 is 0 Å². The minimum atomic E-state index is 0.774. The van der Waals surface area contributed by atoms with Crippen molar-refractivity contribution in [2.45, 2.75) is 62.8 Å². The molecule has 2 aliphatic rings. The molecule has 6 heteroatoms. The van der Waals surface area contributed by atoms with Gasteiger partial charge in [0.1, 0.15) is 0 Å². The van der Waals surface area contributed by atoms with Gasteiger partial charge in [0.05, 0.1) is 0 Å². The van der Waals surface area contributed by atoms with Crippen molar-refractivity contribution >= 4 is 11.8 Å². The van der Waals surface area contributed by atoms with Crippen LogP contribution in [0.5, 0.6) is 0 Å². The van der Waals surface area contributed by atoms with Crippen LogP contribution in [-0.2, 0) is 13.1 Å². The van der Waals surface area contributed by atoms with Crippen molar-refractivity contribution in [2.24, 2.45) is 5.92 Å². The highest BCUT2D eigenvalue weighted by atomic mass is 32.2. The van der Waals surface area contributed by atoms with E-state index in [9.17, 15) is 0 Å². The molecule has 1 aliphatic heterocycles. The predicted octanol–water partition coefficient (Wildman–Crippen LogP) is 4.25. The van der Waals surface area contributed by atoms with Crippen LogP contribution in [0, 0.1) is 5.92 Å². The minimum Gasteiger partial charge on any atom is -0.300 e. The van der Waals surface area contributed by atoms with Crippen LogP contribution >= 0.6 is 11.8 Å². The van der Waals surface area contributed by atoms with Crippen LogP contribution < -0.4 is 0 Å². The molecule has 2 fully saturated rings.